The summed E-state index contributed by atoms with van der Waals surface area (Å²) in [6, 6.07) is 64.7. The van der Waals surface area contributed by atoms with Crippen LogP contribution in [-0.4, -0.2) is 175 Å². The van der Waals surface area contributed by atoms with Crippen LogP contribution in [0, 0.1) is 67.8 Å². The zero-order valence-electron chi connectivity index (χ0n) is 79.6. The Morgan fingerprint density at radius 3 is 0.949 bits per heavy atom. The number of phenolic OH excluding ortho intramolecular Hbond substituents is 1. The molecule has 0 aromatic heterocycles. The van der Waals surface area contributed by atoms with Crippen LogP contribution < -0.4 is 142 Å². The first-order chi connectivity index (χ1) is 64.9. The second-order valence-electron chi connectivity index (χ2n) is 34.0. The zero-order valence-corrected chi connectivity index (χ0v) is 87.2. The van der Waals surface area contributed by atoms with Crippen LogP contribution in [0.3, 0.4) is 0 Å². The summed E-state index contributed by atoms with van der Waals surface area (Å²) >= 11 is 6.05. The molecule has 10 heterocycles. The van der Waals surface area contributed by atoms with E-state index in [-0.39, 0.29) is 170 Å². The number of carbonyl (C=O) groups is 1. The minimum absolute atomic E-state index is 0. The quantitative estimate of drug-likeness (QED) is 0.00953. The van der Waals surface area contributed by atoms with E-state index in [0.29, 0.717) is 57.8 Å². The van der Waals surface area contributed by atoms with Crippen LogP contribution in [0.5, 0.6) is 40.2 Å². The van der Waals surface area contributed by atoms with Crippen molar-refractivity contribution in [3.05, 3.63) is 366 Å². The van der Waals surface area contributed by atoms with Gasteiger partial charge in [-0.3, -0.25) is 24.4 Å². The molecule has 2 N–H and O–H groups in total. The van der Waals surface area contributed by atoms with E-state index in [1.54, 1.807) is 72.8 Å². The number of fused-ring (bicyclic) bond motifs is 5. The summed E-state index contributed by atoms with van der Waals surface area (Å²) < 4.78 is 102. The number of aromatic hydroxyl groups is 1. The number of halogens is 8. The number of carbonyl (C=O) groups excluding carboxylic acids is 1. The van der Waals surface area contributed by atoms with E-state index >= 15 is 0 Å². The summed E-state index contributed by atoms with van der Waals surface area (Å²) in [4.78, 5) is 24.4. The predicted octanol–water partition coefficient (Wildman–Crippen LogP) is 16.1. The maximum absolute atomic E-state index is 13.5. The van der Waals surface area contributed by atoms with Crippen molar-refractivity contribution >= 4 is 70.8 Å². The fourth-order valence-electron chi connectivity index (χ4n) is 18.0. The van der Waals surface area contributed by atoms with Crippen molar-refractivity contribution in [3.8, 4) is 46.3 Å². The summed E-state index contributed by atoms with van der Waals surface area (Å²) in [6.45, 7) is 34.6. The average Bonchev–Trinajstić information content (AvgIpc) is 1.20. The normalized spacial score (nSPS) is 15.9. The van der Waals surface area contributed by atoms with Gasteiger partial charge in [0.15, 0.2) is 6.61 Å². The molecule has 0 radical (unpaired) electrons. The van der Waals surface area contributed by atoms with Gasteiger partial charge in [-0.05, 0) is 367 Å². The topological polar surface area (TPSA) is 178 Å². The van der Waals surface area contributed by atoms with E-state index in [2.05, 4.69) is 85.4 Å². The van der Waals surface area contributed by atoms with Crippen LogP contribution in [0.4, 0.5) is 22.0 Å². The number of nitrogens with zero attached hydrogens (tertiary/aromatic N) is 6. The van der Waals surface area contributed by atoms with Gasteiger partial charge in [0, 0.05) is 66.0 Å². The molecule has 0 unspecified atom stereocenters. The Kier molecular flexibility index (Phi) is 47.2. The number of phenols is 1. The monoisotopic (exact) mass is 1970 g/mol. The smallest absolute Gasteiger partial charge is 1.00 e. The SMILES string of the molecule is C1CCNC1.C=CC#N.Cc1ccc2c(c1)C(c1ccc(F)cc1)=C(CCl)CO2.Cc1ccc2c(c1)C(c1ccc(F)cc1)=C(CN1CCCC1)CO2.Cc1ccc2c(c1)C(c1ccc(F)cc1)=C(CN1CCCC1)CO2.Cl.Cl.O=CO[O-].Oc1ccc2c(c1)C(c1ccc(F)cc1)=C(CN1CCCC1)CO2.[C-]#[N+]CCOc1ccc2c(c1)C(c1ccc(F)cc1)=C(CN1CCCC1)CO2.[H-].[K+].[K+]. The summed E-state index contributed by atoms with van der Waals surface area (Å²) in [5.41, 5.74) is 25.4. The van der Waals surface area contributed by atoms with Crippen molar-refractivity contribution in [2.45, 2.75) is 85.0 Å². The van der Waals surface area contributed by atoms with E-state index in [0.717, 1.165) is 191 Å². The van der Waals surface area contributed by atoms with Gasteiger partial charge in [0.2, 0.25) is 6.54 Å². The Morgan fingerprint density at radius 2 is 0.693 bits per heavy atom. The number of aryl methyl sites for hydroxylation is 3. The molecule has 0 spiro atoms. The predicted molar refractivity (Wildman–Crippen MR) is 529 cm³/mol. The number of benzene rings is 10. The molecule has 710 valence electrons. The van der Waals surface area contributed by atoms with Gasteiger partial charge in [0.1, 0.15) is 102 Å². The number of ether oxygens (including phenoxy) is 6. The Bertz CT molecular complexity index is 5550. The van der Waals surface area contributed by atoms with Gasteiger partial charge < -0.3 is 55.3 Å². The van der Waals surface area contributed by atoms with Crippen LogP contribution in [0.25, 0.3) is 32.7 Å². The molecule has 5 fully saturated rings. The Hall–Kier alpha value is -8.76. The summed E-state index contributed by atoms with van der Waals surface area (Å²) in [5.74, 6) is 4.47. The largest absolute Gasteiger partial charge is 1.00 e. The van der Waals surface area contributed by atoms with E-state index in [9.17, 15) is 27.1 Å². The minimum Gasteiger partial charge on any atom is -1.00 e. The molecular weight excluding hydrogens is 1860 g/mol. The van der Waals surface area contributed by atoms with Crippen molar-refractivity contribution < 1.29 is 175 Å². The summed E-state index contributed by atoms with van der Waals surface area (Å²) in [5, 5.41) is 29.1. The van der Waals surface area contributed by atoms with Crippen LogP contribution in [-0.2, 0) is 9.68 Å². The number of likely N-dealkylation sites (tertiary alicyclic amines) is 4. The number of allylic oxidation sites excluding steroid dienone is 1. The van der Waals surface area contributed by atoms with Crippen molar-refractivity contribution in [3.63, 3.8) is 0 Å². The van der Waals surface area contributed by atoms with E-state index in [4.69, 9.17) is 61.9 Å². The third-order valence-corrected chi connectivity index (χ3v) is 24.6. The van der Waals surface area contributed by atoms with Gasteiger partial charge in [-0.1, -0.05) is 102 Å². The second kappa shape index (κ2) is 57.8. The van der Waals surface area contributed by atoms with Gasteiger partial charge in [-0.25, -0.2) is 28.5 Å². The number of rotatable bonds is 18. The third-order valence-electron chi connectivity index (χ3n) is 24.3. The van der Waals surface area contributed by atoms with Crippen molar-refractivity contribution in [2.24, 2.45) is 0 Å². The standard InChI is InChI=1S/C23H23FN2O2.2C21H22FNO.C20H20FNO2.C17H14ClFO.C4H9N.C3H3N.CH2O3.2ClH.2K.H/c1-25-10-13-27-20-8-9-22-21(14-20)23(17-4-6-19(24)7-5-17)18(16-28-22)15-26-11-2-3-12-26;2*1-15-4-9-20-19(12-15)21(16-5-7-18(22)8-6-16)17(14-24-20)13-23-10-2-3-11-23;21-16-5-3-14(4-6-16)20-15(12-22-9-1-2-10-22)13-24-19-8-7-17(23)11-18(19)20;1-11-2-7-16-15(8-11)17(13(9-18)10-20-16)12-3-5-14(19)6-4-12;1-2-4-5-3-1;1-2-3-4;2-1-4-3;;;;;/h4-9,14H,2-3,10-13,15-16H2;2*4-9,12H,2-3,10-11,13-14H2,1H3;3-8,11,23H,1-2,9-10,12-13H2;2-8H,9-10H2,1H3;5H,1-4H2;2H,1H2;1,3H;2*1H;;;/q;;;;;;;;;;2*+1;-1/p-1. The Balaban J connectivity index is 0.000000203. The molecule has 0 aliphatic carbocycles. The van der Waals surface area contributed by atoms with E-state index in [1.807, 2.05) is 85.8 Å². The van der Waals surface area contributed by atoms with E-state index in [1.165, 1.54) is 164 Å². The van der Waals surface area contributed by atoms with Crippen molar-refractivity contribution in [1.29, 1.82) is 5.26 Å². The molecule has 0 saturated carbocycles. The third kappa shape index (κ3) is 32.1. The molecule has 10 aliphatic rings. The molecule has 5 saturated heterocycles. The number of nitriles is 1. The molecule has 20 rings (SSSR count). The number of hydrogen-bond acceptors (Lipinski definition) is 16. The first-order valence-electron chi connectivity index (χ1n) is 45.6. The maximum atomic E-state index is 13.5. The molecule has 10 aromatic carbocycles. The van der Waals surface area contributed by atoms with Gasteiger partial charge in [-0.15, -0.1) is 36.4 Å². The van der Waals surface area contributed by atoms with E-state index < -0.39 is 0 Å². The maximum Gasteiger partial charge on any atom is 1.00 e. The minimum atomic E-state index is -0.247. The first kappa shape index (κ1) is 112. The zero-order chi connectivity index (χ0) is 93.4. The molecule has 0 bridgehead atoms. The van der Waals surface area contributed by atoms with Crippen LogP contribution in [0.1, 0.15) is 138 Å². The number of nitrogens with one attached hydrogen (secondary N) is 1. The number of hydrogen-bond donors (Lipinski definition) is 2. The van der Waals surface area contributed by atoms with Gasteiger partial charge in [-0.2, -0.15) is 5.26 Å². The van der Waals surface area contributed by atoms with Crippen LogP contribution >= 0.6 is 36.4 Å². The molecule has 17 nitrogen and oxygen atoms in total. The molecule has 10 aliphatic heterocycles. The fourth-order valence-corrected chi connectivity index (χ4v) is 18.2. The summed E-state index contributed by atoms with van der Waals surface area (Å²) in [7, 11) is 0. The molecule has 137 heavy (non-hydrogen) atoms. The van der Waals surface area contributed by atoms with Gasteiger partial charge in [0.25, 0.3) is 6.47 Å². The summed E-state index contributed by atoms with van der Waals surface area (Å²) in [6.07, 6.45) is 14.0. The Morgan fingerprint density at radius 1 is 0.438 bits per heavy atom. The molecule has 0 amide bonds. The average molecular weight is 1980 g/mol. The first-order valence-corrected chi connectivity index (χ1v) is 46.1. The van der Waals surface area contributed by atoms with Gasteiger partial charge >= 0.3 is 103 Å². The molecule has 10 aromatic rings. The number of alkyl halides is 1. The van der Waals surface area contributed by atoms with Crippen molar-refractivity contribution in [1.82, 2.24) is 24.9 Å². The van der Waals surface area contributed by atoms with Crippen molar-refractivity contribution in [2.75, 3.05) is 144 Å². The van der Waals surface area contributed by atoms with Crippen LogP contribution in [0.15, 0.2) is 253 Å². The molecule has 27 heteroatoms. The fraction of sp³-hybridized carbons (Fsp3) is 0.318. The molecular formula is C110H117Cl3F5K2N7O10. The van der Waals surface area contributed by atoms with Crippen LogP contribution in [0.2, 0.25) is 0 Å². The Labute approximate surface area is 906 Å². The second-order valence-corrected chi connectivity index (χ2v) is 34.3. The molecule has 0 atom stereocenters. The van der Waals surface area contributed by atoms with Gasteiger partial charge in [0.05, 0.1) is 6.07 Å².